The Morgan fingerprint density at radius 2 is 2.00 bits per heavy atom. The molecule has 118 valence electrons. The Morgan fingerprint density at radius 1 is 1.24 bits per heavy atom. The number of methoxy groups -OCH3 is 3. The van der Waals surface area contributed by atoms with Crippen LogP contribution in [0.25, 0.3) is 0 Å². The summed E-state index contributed by atoms with van der Waals surface area (Å²) in [6.45, 7) is 1.97. The monoisotopic (exact) mass is 299 g/mol. The van der Waals surface area contributed by atoms with E-state index in [9.17, 15) is 9.18 Å². The van der Waals surface area contributed by atoms with Crippen molar-refractivity contribution in [1.29, 1.82) is 0 Å². The zero-order chi connectivity index (χ0) is 15.7. The van der Waals surface area contributed by atoms with Crippen LogP contribution in [0.15, 0.2) is 18.2 Å². The third kappa shape index (κ3) is 5.69. The number of carbonyl (C=O) groups excluding carboxylic acids is 1. The highest BCUT2D eigenvalue weighted by atomic mass is 19.1. The van der Waals surface area contributed by atoms with E-state index < -0.39 is 0 Å². The second-order valence-corrected chi connectivity index (χ2v) is 4.53. The lowest BCUT2D eigenvalue weighted by molar-refractivity contribution is -0.141. The zero-order valence-corrected chi connectivity index (χ0v) is 12.7. The van der Waals surface area contributed by atoms with Crippen molar-refractivity contribution in [3.05, 3.63) is 29.6 Å². The summed E-state index contributed by atoms with van der Waals surface area (Å²) in [5.74, 6) is -0.448. The molecule has 0 unspecified atom stereocenters. The van der Waals surface area contributed by atoms with E-state index >= 15 is 0 Å². The van der Waals surface area contributed by atoms with Gasteiger partial charge in [-0.1, -0.05) is 12.1 Å². The molecule has 0 atom stereocenters. The van der Waals surface area contributed by atoms with E-state index in [4.69, 9.17) is 9.47 Å². The standard InChI is InChI=1S/C15H22FNO4/c1-19-10-9-17(8-7-14(18)21-3)11-12-5-4-6-13(20-2)15(12)16/h4-6H,7-11H2,1-3H3. The quantitative estimate of drug-likeness (QED) is 0.651. The Balaban J connectivity index is 2.73. The summed E-state index contributed by atoms with van der Waals surface area (Å²) >= 11 is 0. The largest absolute Gasteiger partial charge is 0.494 e. The van der Waals surface area contributed by atoms with E-state index in [-0.39, 0.29) is 24.0 Å². The normalized spacial score (nSPS) is 10.7. The molecule has 1 rings (SSSR count). The molecule has 0 bridgehead atoms. The van der Waals surface area contributed by atoms with E-state index in [2.05, 4.69) is 4.74 Å². The van der Waals surface area contributed by atoms with Crippen LogP contribution in [0.4, 0.5) is 4.39 Å². The van der Waals surface area contributed by atoms with Crippen molar-refractivity contribution < 1.29 is 23.4 Å². The topological polar surface area (TPSA) is 48.0 Å². The number of hydrogen-bond acceptors (Lipinski definition) is 5. The molecule has 0 aliphatic heterocycles. The minimum atomic E-state index is -0.375. The van der Waals surface area contributed by atoms with Gasteiger partial charge in [0.25, 0.3) is 0 Å². The molecule has 0 aliphatic rings. The van der Waals surface area contributed by atoms with Crippen molar-refractivity contribution in [3.63, 3.8) is 0 Å². The van der Waals surface area contributed by atoms with E-state index in [1.54, 1.807) is 25.3 Å². The highest BCUT2D eigenvalue weighted by molar-refractivity contribution is 5.69. The second-order valence-electron chi connectivity index (χ2n) is 4.53. The fourth-order valence-corrected chi connectivity index (χ4v) is 1.92. The van der Waals surface area contributed by atoms with Crippen LogP contribution in [0.3, 0.4) is 0 Å². The van der Waals surface area contributed by atoms with Crippen molar-refractivity contribution in [2.75, 3.05) is 41.0 Å². The third-order valence-electron chi connectivity index (χ3n) is 3.13. The maximum atomic E-state index is 14.1. The van der Waals surface area contributed by atoms with Gasteiger partial charge in [-0.05, 0) is 6.07 Å². The fraction of sp³-hybridized carbons (Fsp3) is 0.533. The summed E-state index contributed by atoms with van der Waals surface area (Å²) in [5, 5.41) is 0. The van der Waals surface area contributed by atoms with Gasteiger partial charge in [0.05, 0.1) is 27.2 Å². The minimum absolute atomic E-state index is 0.215. The Morgan fingerprint density at radius 3 is 2.62 bits per heavy atom. The molecule has 0 radical (unpaired) electrons. The van der Waals surface area contributed by atoms with Gasteiger partial charge in [0, 0.05) is 32.3 Å². The van der Waals surface area contributed by atoms with Crippen molar-refractivity contribution >= 4 is 5.97 Å². The van der Waals surface area contributed by atoms with Gasteiger partial charge in [-0.2, -0.15) is 0 Å². The first-order valence-corrected chi connectivity index (χ1v) is 6.71. The molecule has 5 nitrogen and oxygen atoms in total. The van der Waals surface area contributed by atoms with Gasteiger partial charge in [0.2, 0.25) is 0 Å². The first kappa shape index (κ1) is 17.4. The number of ether oxygens (including phenoxy) is 3. The lowest BCUT2D eigenvalue weighted by atomic mass is 10.1. The van der Waals surface area contributed by atoms with Gasteiger partial charge in [0.1, 0.15) is 0 Å². The molecule has 0 heterocycles. The number of halogens is 1. The molecule has 1 aromatic carbocycles. The van der Waals surface area contributed by atoms with E-state index in [1.807, 2.05) is 4.90 Å². The molecule has 0 fully saturated rings. The Hall–Kier alpha value is -1.66. The van der Waals surface area contributed by atoms with Crippen LogP contribution in [0.2, 0.25) is 0 Å². The highest BCUT2D eigenvalue weighted by Gasteiger charge is 2.14. The first-order chi connectivity index (χ1) is 10.1. The summed E-state index contributed by atoms with van der Waals surface area (Å²) in [4.78, 5) is 13.2. The van der Waals surface area contributed by atoms with E-state index in [0.717, 1.165) is 0 Å². The van der Waals surface area contributed by atoms with Crippen molar-refractivity contribution in [1.82, 2.24) is 4.90 Å². The highest BCUT2D eigenvalue weighted by Crippen LogP contribution is 2.21. The minimum Gasteiger partial charge on any atom is -0.494 e. The number of carbonyl (C=O) groups is 1. The summed E-state index contributed by atoms with van der Waals surface area (Å²) in [6.07, 6.45) is 0.256. The number of esters is 1. The molecule has 0 aliphatic carbocycles. The van der Waals surface area contributed by atoms with Gasteiger partial charge in [-0.15, -0.1) is 0 Å². The van der Waals surface area contributed by atoms with Gasteiger partial charge < -0.3 is 14.2 Å². The number of benzene rings is 1. The van der Waals surface area contributed by atoms with E-state index in [1.165, 1.54) is 14.2 Å². The first-order valence-electron chi connectivity index (χ1n) is 6.71. The second kappa shape index (κ2) is 9.31. The van der Waals surface area contributed by atoms with Crippen LogP contribution in [0, 0.1) is 5.82 Å². The molecule has 0 N–H and O–H groups in total. The van der Waals surface area contributed by atoms with Gasteiger partial charge in [0.15, 0.2) is 11.6 Å². The van der Waals surface area contributed by atoms with Crippen LogP contribution in [-0.4, -0.2) is 51.9 Å². The number of nitrogens with zero attached hydrogens (tertiary/aromatic N) is 1. The van der Waals surface area contributed by atoms with Crippen LogP contribution in [-0.2, 0) is 20.8 Å². The van der Waals surface area contributed by atoms with Crippen LogP contribution >= 0.6 is 0 Å². The molecule has 0 aromatic heterocycles. The molecule has 0 saturated heterocycles. The zero-order valence-electron chi connectivity index (χ0n) is 12.7. The van der Waals surface area contributed by atoms with Crippen LogP contribution < -0.4 is 4.74 Å². The molecule has 0 spiro atoms. The third-order valence-corrected chi connectivity index (χ3v) is 3.13. The Bertz CT molecular complexity index is 453. The van der Waals surface area contributed by atoms with Crippen molar-refractivity contribution in [3.8, 4) is 5.75 Å². The lowest BCUT2D eigenvalue weighted by Gasteiger charge is -2.22. The number of hydrogen-bond donors (Lipinski definition) is 0. The predicted octanol–water partition coefficient (Wildman–Crippen LogP) is 1.85. The summed E-state index contributed by atoms with van der Waals surface area (Å²) < 4.78 is 28.8. The summed E-state index contributed by atoms with van der Waals surface area (Å²) in [6, 6.07) is 5.02. The smallest absolute Gasteiger partial charge is 0.306 e. The molecular formula is C15H22FNO4. The number of rotatable bonds is 9. The van der Waals surface area contributed by atoms with Gasteiger partial charge >= 0.3 is 5.97 Å². The average Bonchev–Trinajstić information content (AvgIpc) is 2.51. The van der Waals surface area contributed by atoms with Crippen LogP contribution in [0.5, 0.6) is 5.75 Å². The SMILES string of the molecule is COCCN(CCC(=O)OC)Cc1cccc(OC)c1F. The van der Waals surface area contributed by atoms with Crippen molar-refractivity contribution in [2.45, 2.75) is 13.0 Å². The molecular weight excluding hydrogens is 277 g/mol. The van der Waals surface area contributed by atoms with Crippen LogP contribution in [0.1, 0.15) is 12.0 Å². The molecule has 0 amide bonds. The summed E-state index contributed by atoms with van der Waals surface area (Å²) in [7, 11) is 4.39. The summed E-state index contributed by atoms with van der Waals surface area (Å²) in [5.41, 5.74) is 0.523. The molecule has 21 heavy (non-hydrogen) atoms. The molecule has 0 saturated carbocycles. The Labute approximate surface area is 124 Å². The predicted molar refractivity (Wildman–Crippen MR) is 76.7 cm³/mol. The van der Waals surface area contributed by atoms with Gasteiger partial charge in [-0.3, -0.25) is 9.69 Å². The lowest BCUT2D eigenvalue weighted by Crippen LogP contribution is -2.30. The maximum absolute atomic E-state index is 14.1. The van der Waals surface area contributed by atoms with Gasteiger partial charge in [-0.25, -0.2) is 4.39 Å². The fourth-order valence-electron chi connectivity index (χ4n) is 1.92. The molecule has 6 heteroatoms. The Kier molecular flexibility index (Phi) is 7.71. The molecule has 1 aromatic rings. The van der Waals surface area contributed by atoms with E-state index in [0.29, 0.717) is 31.8 Å². The average molecular weight is 299 g/mol. The maximum Gasteiger partial charge on any atom is 0.306 e. The van der Waals surface area contributed by atoms with Crippen molar-refractivity contribution in [2.24, 2.45) is 0 Å².